The van der Waals surface area contributed by atoms with Gasteiger partial charge in [0, 0.05) is 11.0 Å². The number of carbonyl (C=O) groups is 1. The van der Waals surface area contributed by atoms with Crippen molar-refractivity contribution in [2.45, 2.75) is 19.9 Å². The van der Waals surface area contributed by atoms with E-state index in [0.717, 1.165) is 5.56 Å². The van der Waals surface area contributed by atoms with Crippen molar-refractivity contribution in [2.24, 2.45) is 0 Å². The van der Waals surface area contributed by atoms with Crippen LogP contribution in [0.4, 0.5) is 5.69 Å². The highest BCUT2D eigenvalue weighted by Crippen LogP contribution is 2.30. The summed E-state index contributed by atoms with van der Waals surface area (Å²) in [5.74, 6) is -0.375. The van der Waals surface area contributed by atoms with Crippen LogP contribution in [-0.2, 0) is 4.79 Å². The zero-order chi connectivity index (χ0) is 19.1. The summed E-state index contributed by atoms with van der Waals surface area (Å²) < 4.78 is 0. The molecule has 1 unspecified atom stereocenters. The number of nitrogens with one attached hydrogen (secondary N) is 2. The molecule has 4 rings (SSSR count). The number of aryl methyl sites for hydroxylation is 1. The second-order valence-electron chi connectivity index (χ2n) is 6.64. The van der Waals surface area contributed by atoms with Crippen molar-refractivity contribution in [1.82, 2.24) is 10.4 Å². The van der Waals surface area contributed by atoms with E-state index in [1.165, 1.54) is 11.1 Å². The van der Waals surface area contributed by atoms with Crippen molar-refractivity contribution in [3.8, 4) is 5.75 Å². The Morgan fingerprint density at radius 3 is 2.56 bits per heavy atom. The van der Waals surface area contributed by atoms with Crippen LogP contribution in [0.5, 0.6) is 5.75 Å². The lowest BCUT2D eigenvalue weighted by molar-refractivity contribution is -0.114. The fourth-order valence-corrected chi connectivity index (χ4v) is 3.35. The Morgan fingerprint density at radius 1 is 1.07 bits per heavy atom. The predicted molar refractivity (Wildman–Crippen MR) is 105 cm³/mol. The minimum Gasteiger partial charge on any atom is -0.506 e. The van der Waals surface area contributed by atoms with E-state index >= 15 is 0 Å². The van der Waals surface area contributed by atoms with Crippen LogP contribution in [0, 0.1) is 6.92 Å². The number of aromatic hydroxyl groups is 1. The molecule has 136 valence electrons. The second kappa shape index (κ2) is 6.41. The predicted octanol–water partition coefficient (Wildman–Crippen LogP) is 2.87. The van der Waals surface area contributed by atoms with Gasteiger partial charge in [-0.25, -0.2) is 10.4 Å². The summed E-state index contributed by atoms with van der Waals surface area (Å²) in [6.07, 6.45) is 1.47. The number of carbonyl (C=O) groups excluding carboxylic acids is 1. The first-order valence-electron chi connectivity index (χ1n) is 8.69. The summed E-state index contributed by atoms with van der Waals surface area (Å²) in [6.45, 7) is 3.70. The highest BCUT2D eigenvalue weighted by atomic mass is 16.3. The average molecular weight is 361 g/mol. The number of anilines is 1. The Bertz CT molecular complexity index is 1130. The fraction of sp³-hybridized carbons (Fsp3) is 0.143. The molecule has 0 bridgehead atoms. The lowest BCUT2D eigenvalue weighted by Gasteiger charge is -2.15. The zero-order valence-electron chi connectivity index (χ0n) is 15.0. The molecule has 1 aliphatic rings. The smallest absolute Gasteiger partial charge is 0.270 e. The molecule has 1 amide bonds. The van der Waals surface area contributed by atoms with E-state index in [1.54, 1.807) is 6.07 Å². The number of rotatable bonds is 2. The number of benzene rings is 2. The largest absolute Gasteiger partial charge is 0.506 e. The van der Waals surface area contributed by atoms with Crippen LogP contribution in [0.1, 0.15) is 18.1 Å². The maximum Gasteiger partial charge on any atom is 0.270 e. The Balaban J connectivity index is 1.82. The molecule has 3 aromatic rings. The van der Waals surface area contributed by atoms with Crippen LogP contribution < -0.4 is 16.0 Å². The maximum absolute atomic E-state index is 12.9. The fourth-order valence-electron chi connectivity index (χ4n) is 3.35. The number of aromatic nitrogens is 1. The molecule has 1 fully saturated rings. The van der Waals surface area contributed by atoms with Crippen molar-refractivity contribution in [3.63, 3.8) is 0 Å². The number of nitrogens with zero attached hydrogens (tertiary/aromatic N) is 1. The van der Waals surface area contributed by atoms with Gasteiger partial charge in [-0.2, -0.15) is 0 Å². The molecule has 6 nitrogen and oxygen atoms in total. The monoisotopic (exact) mass is 361 g/mol. The number of amides is 1. The summed E-state index contributed by atoms with van der Waals surface area (Å²) in [7, 11) is 0. The molecule has 0 spiro atoms. The van der Waals surface area contributed by atoms with E-state index in [2.05, 4.69) is 10.4 Å². The third-order valence-corrected chi connectivity index (χ3v) is 4.82. The minimum atomic E-state index is -0.431. The molecule has 0 saturated carbocycles. The number of para-hydroxylation sites is 2. The van der Waals surface area contributed by atoms with Crippen molar-refractivity contribution in [1.29, 1.82) is 0 Å². The average Bonchev–Trinajstić information content (AvgIpc) is 2.94. The van der Waals surface area contributed by atoms with Gasteiger partial charge in [-0.05, 0) is 43.7 Å². The number of H-pyrrole nitrogens is 1. The van der Waals surface area contributed by atoms with Gasteiger partial charge in [0.15, 0.2) is 0 Å². The minimum absolute atomic E-state index is 0.0833. The number of fused-ring (bicyclic) bond motifs is 1. The third-order valence-electron chi connectivity index (χ3n) is 4.82. The molecule has 27 heavy (non-hydrogen) atoms. The first-order valence-corrected chi connectivity index (χ1v) is 8.69. The third kappa shape index (κ3) is 2.80. The molecule has 1 saturated heterocycles. The number of aromatic amines is 1. The Hall–Kier alpha value is -3.38. The van der Waals surface area contributed by atoms with Gasteiger partial charge in [0.25, 0.3) is 11.5 Å². The standard InChI is InChI=1S/C21H19N3O3/c1-12-7-6-10-15-18(12)22-20(26)17(19(15)25)11-16-13(2)23-24(21(16)27)14-8-4-3-5-9-14/h3-11,13,23H,1-2H3,(H2,22,25,26). The highest BCUT2D eigenvalue weighted by Gasteiger charge is 2.33. The summed E-state index contributed by atoms with van der Waals surface area (Å²) in [6, 6.07) is 14.3. The van der Waals surface area contributed by atoms with Gasteiger partial charge in [0.05, 0.1) is 22.8 Å². The molecule has 2 heterocycles. The van der Waals surface area contributed by atoms with Gasteiger partial charge in [-0.15, -0.1) is 0 Å². The highest BCUT2D eigenvalue weighted by molar-refractivity contribution is 6.11. The Morgan fingerprint density at radius 2 is 1.81 bits per heavy atom. The zero-order valence-corrected chi connectivity index (χ0v) is 15.0. The van der Waals surface area contributed by atoms with Gasteiger partial charge in [-0.3, -0.25) is 9.59 Å². The van der Waals surface area contributed by atoms with E-state index in [1.807, 2.05) is 56.3 Å². The number of hydrazine groups is 1. The number of pyridine rings is 1. The van der Waals surface area contributed by atoms with Crippen LogP contribution in [0.2, 0.25) is 0 Å². The van der Waals surface area contributed by atoms with Crippen LogP contribution in [0.15, 0.2) is 58.9 Å². The van der Waals surface area contributed by atoms with E-state index in [0.29, 0.717) is 22.2 Å². The van der Waals surface area contributed by atoms with E-state index in [4.69, 9.17) is 0 Å². The molecular weight excluding hydrogens is 342 g/mol. The van der Waals surface area contributed by atoms with E-state index in [9.17, 15) is 14.7 Å². The molecule has 2 aromatic carbocycles. The first kappa shape index (κ1) is 17.1. The SMILES string of the molecule is Cc1cccc2c(O)c(C=C3C(=O)N(c4ccccc4)NC3C)c(=O)[nH]c12. The first-order chi connectivity index (χ1) is 13.0. The summed E-state index contributed by atoms with van der Waals surface area (Å²) in [5, 5.41) is 12.7. The summed E-state index contributed by atoms with van der Waals surface area (Å²) in [4.78, 5) is 28.2. The van der Waals surface area contributed by atoms with Crippen LogP contribution in [-0.4, -0.2) is 22.0 Å². The second-order valence-corrected chi connectivity index (χ2v) is 6.64. The molecule has 6 heteroatoms. The molecule has 0 radical (unpaired) electrons. The molecule has 3 N–H and O–H groups in total. The van der Waals surface area contributed by atoms with Crippen molar-refractivity contribution < 1.29 is 9.90 Å². The lowest BCUT2D eigenvalue weighted by Crippen LogP contribution is -2.36. The van der Waals surface area contributed by atoms with Crippen LogP contribution in [0.25, 0.3) is 17.0 Å². The van der Waals surface area contributed by atoms with Gasteiger partial charge in [0.2, 0.25) is 0 Å². The molecule has 1 aromatic heterocycles. The number of hydrogen-bond acceptors (Lipinski definition) is 4. The molecule has 1 atom stereocenters. The topological polar surface area (TPSA) is 85.4 Å². The normalized spacial score (nSPS) is 18.6. The van der Waals surface area contributed by atoms with Crippen molar-refractivity contribution in [2.75, 3.05) is 5.01 Å². The van der Waals surface area contributed by atoms with E-state index < -0.39 is 5.56 Å². The summed E-state index contributed by atoms with van der Waals surface area (Å²) >= 11 is 0. The molecule has 0 aliphatic carbocycles. The quantitative estimate of drug-likeness (QED) is 0.613. The van der Waals surface area contributed by atoms with Gasteiger partial charge in [-0.1, -0.05) is 30.3 Å². The van der Waals surface area contributed by atoms with Crippen molar-refractivity contribution in [3.05, 3.63) is 75.6 Å². The van der Waals surface area contributed by atoms with Gasteiger partial charge < -0.3 is 10.1 Å². The Kier molecular flexibility index (Phi) is 4.05. The van der Waals surface area contributed by atoms with Gasteiger partial charge in [0.1, 0.15) is 5.75 Å². The number of hydrogen-bond donors (Lipinski definition) is 3. The summed E-state index contributed by atoms with van der Waals surface area (Å²) in [5.41, 5.74) is 5.33. The lowest BCUT2D eigenvalue weighted by atomic mass is 10.0. The maximum atomic E-state index is 12.9. The Labute approximate surface area is 155 Å². The molecule has 1 aliphatic heterocycles. The molecular formula is C21H19N3O3. The van der Waals surface area contributed by atoms with Crippen molar-refractivity contribution >= 4 is 28.6 Å². The van der Waals surface area contributed by atoms with Crippen LogP contribution >= 0.6 is 0 Å². The van der Waals surface area contributed by atoms with Gasteiger partial charge >= 0.3 is 0 Å². The van der Waals surface area contributed by atoms with Crippen LogP contribution in [0.3, 0.4) is 0 Å². The van der Waals surface area contributed by atoms with E-state index in [-0.39, 0.29) is 23.3 Å².